The minimum atomic E-state index is -0.479. The highest BCUT2D eigenvalue weighted by Crippen LogP contribution is 2.43. The van der Waals surface area contributed by atoms with Gasteiger partial charge in [0.15, 0.2) is 0 Å². The van der Waals surface area contributed by atoms with Crippen LogP contribution in [-0.2, 0) is 27.4 Å². The van der Waals surface area contributed by atoms with Gasteiger partial charge < -0.3 is 19.1 Å². The number of carbonyl (C=O) groups excluding carboxylic acids is 2. The van der Waals surface area contributed by atoms with Crippen molar-refractivity contribution in [2.75, 3.05) is 23.5 Å². The van der Waals surface area contributed by atoms with Gasteiger partial charge in [-0.1, -0.05) is 49.4 Å². The van der Waals surface area contributed by atoms with Gasteiger partial charge in [0.05, 0.1) is 42.8 Å². The third kappa shape index (κ3) is 7.91. The van der Waals surface area contributed by atoms with Crippen molar-refractivity contribution in [2.24, 2.45) is 0 Å². The van der Waals surface area contributed by atoms with Crippen molar-refractivity contribution < 1.29 is 23.8 Å². The van der Waals surface area contributed by atoms with Crippen LogP contribution in [0.3, 0.4) is 0 Å². The Morgan fingerprint density at radius 3 is 2.49 bits per heavy atom. The number of methoxy groups -OCH3 is 1. The van der Waals surface area contributed by atoms with Crippen molar-refractivity contribution >= 4 is 29.8 Å². The van der Waals surface area contributed by atoms with Crippen molar-refractivity contribution in [3.8, 4) is 11.9 Å². The van der Waals surface area contributed by atoms with E-state index >= 15 is 0 Å². The van der Waals surface area contributed by atoms with Crippen LogP contribution in [0.2, 0.25) is 0 Å². The highest BCUT2D eigenvalue weighted by atomic mass is 16.6. The summed E-state index contributed by atoms with van der Waals surface area (Å²) < 4.78 is 16.3. The number of aromatic nitrogens is 3. The second kappa shape index (κ2) is 15.5. The molecule has 3 heterocycles. The molecule has 1 unspecified atom stereocenters. The van der Waals surface area contributed by atoms with Crippen LogP contribution in [-0.4, -0.2) is 46.8 Å². The highest BCUT2D eigenvalue weighted by molar-refractivity contribution is 5.90. The molecular weight excluding hydrogens is 596 g/mol. The summed E-state index contributed by atoms with van der Waals surface area (Å²) in [5.41, 5.74) is 4.16. The number of nitriles is 1. The van der Waals surface area contributed by atoms with Crippen molar-refractivity contribution in [1.29, 1.82) is 5.26 Å². The van der Waals surface area contributed by atoms with E-state index in [1.165, 1.54) is 6.08 Å². The maximum absolute atomic E-state index is 13.2. The highest BCUT2D eigenvalue weighted by Gasteiger charge is 2.40. The van der Waals surface area contributed by atoms with Gasteiger partial charge in [0.1, 0.15) is 6.61 Å². The fourth-order valence-corrected chi connectivity index (χ4v) is 5.51. The topological polar surface area (TPSA) is 131 Å². The number of esters is 1. The standard InChI is InChI=1S/C36H36N6O5/c1-4-29-19-31(34-30(15-16-32(40-34)45-3)42(29)36(44)46-5-2)41(23-27-13-9-12-26(18-27)20-37)35-38-21-28(22-39-35)14-17-33(43)47-24-25-10-7-6-8-11-25/h6-18,21-22,29,31H,4-5,19,23-24H2,1-3H3/t29-,31?/m1/s1. The number of nitrogens with zero attached hydrogens (tertiary/aromatic N) is 6. The lowest BCUT2D eigenvalue weighted by Crippen LogP contribution is -2.48. The predicted octanol–water partition coefficient (Wildman–Crippen LogP) is 6.40. The molecule has 240 valence electrons. The number of anilines is 2. The summed E-state index contributed by atoms with van der Waals surface area (Å²) in [5.74, 6) is 0.336. The van der Waals surface area contributed by atoms with Crippen molar-refractivity contribution in [3.63, 3.8) is 0 Å². The Labute approximate surface area is 274 Å². The Balaban J connectivity index is 1.48. The lowest BCUT2D eigenvalue weighted by Gasteiger charge is -2.43. The van der Waals surface area contributed by atoms with Crippen molar-refractivity contribution in [1.82, 2.24) is 15.0 Å². The molecule has 0 bridgehead atoms. The van der Waals surface area contributed by atoms with Gasteiger partial charge in [-0.2, -0.15) is 5.26 Å². The summed E-state index contributed by atoms with van der Waals surface area (Å²) in [6.07, 6.45) is 6.96. The van der Waals surface area contributed by atoms with Gasteiger partial charge in [0.25, 0.3) is 0 Å². The summed E-state index contributed by atoms with van der Waals surface area (Å²) in [7, 11) is 1.54. The molecule has 5 rings (SSSR count). The van der Waals surface area contributed by atoms with Gasteiger partial charge in [-0.05, 0) is 55.2 Å². The number of rotatable bonds is 11. The monoisotopic (exact) mass is 632 g/mol. The number of hydrogen-bond acceptors (Lipinski definition) is 10. The van der Waals surface area contributed by atoms with E-state index in [0.29, 0.717) is 53.7 Å². The van der Waals surface area contributed by atoms with Crippen molar-refractivity contribution in [3.05, 3.63) is 113 Å². The van der Waals surface area contributed by atoms with E-state index < -0.39 is 12.1 Å². The summed E-state index contributed by atoms with van der Waals surface area (Å²) in [5, 5.41) is 9.55. The first-order valence-corrected chi connectivity index (χ1v) is 15.4. The zero-order chi connectivity index (χ0) is 33.2. The van der Waals surface area contributed by atoms with E-state index in [0.717, 1.165) is 11.1 Å². The third-order valence-electron chi connectivity index (χ3n) is 7.79. The van der Waals surface area contributed by atoms with E-state index in [2.05, 4.69) is 6.07 Å². The number of pyridine rings is 1. The Morgan fingerprint density at radius 2 is 1.79 bits per heavy atom. The molecule has 0 fully saturated rings. The van der Waals surface area contributed by atoms with Gasteiger partial charge in [0.2, 0.25) is 11.8 Å². The Bertz CT molecular complexity index is 1760. The lowest BCUT2D eigenvalue weighted by molar-refractivity contribution is -0.138. The molecule has 11 nitrogen and oxygen atoms in total. The van der Waals surface area contributed by atoms with Crippen LogP contribution in [0.5, 0.6) is 5.88 Å². The van der Waals surface area contributed by atoms with Crippen LogP contribution in [0.25, 0.3) is 6.08 Å². The first-order chi connectivity index (χ1) is 22.9. The number of amides is 1. The average Bonchev–Trinajstić information content (AvgIpc) is 3.12. The minimum absolute atomic E-state index is 0.176. The molecule has 4 aromatic rings. The fourth-order valence-electron chi connectivity index (χ4n) is 5.51. The molecule has 1 aliphatic heterocycles. The Hall–Kier alpha value is -5.76. The second-order valence-electron chi connectivity index (χ2n) is 10.8. The molecule has 47 heavy (non-hydrogen) atoms. The number of fused-ring (bicyclic) bond motifs is 1. The summed E-state index contributed by atoms with van der Waals surface area (Å²) in [6, 6.07) is 22.0. The number of hydrogen-bond donors (Lipinski definition) is 0. The third-order valence-corrected chi connectivity index (χ3v) is 7.79. The second-order valence-corrected chi connectivity index (χ2v) is 10.8. The van der Waals surface area contributed by atoms with Gasteiger partial charge >= 0.3 is 12.1 Å². The molecule has 11 heteroatoms. The molecule has 0 spiro atoms. The zero-order valence-corrected chi connectivity index (χ0v) is 26.6. The normalized spacial score (nSPS) is 15.4. The average molecular weight is 633 g/mol. The molecule has 2 atom stereocenters. The van der Waals surface area contributed by atoms with E-state index in [1.54, 1.807) is 49.5 Å². The molecular formula is C36H36N6O5. The van der Waals surface area contributed by atoms with Gasteiger partial charge in [-0.3, -0.25) is 4.90 Å². The SMILES string of the molecule is CCOC(=O)N1c2ccc(OC)nc2C(N(Cc2cccc(C#N)c2)c2ncc(C=CC(=O)OCc3ccccc3)cn2)C[C@H]1CC. The molecule has 0 aliphatic carbocycles. The molecule has 0 saturated carbocycles. The van der Waals surface area contributed by atoms with Gasteiger partial charge in [-0.25, -0.2) is 24.5 Å². The number of benzene rings is 2. The summed E-state index contributed by atoms with van der Waals surface area (Å²) in [4.78, 5) is 43.4. The van der Waals surface area contributed by atoms with Crippen LogP contribution in [0.4, 0.5) is 16.4 Å². The molecule has 1 aliphatic rings. The largest absolute Gasteiger partial charge is 0.481 e. The van der Waals surface area contributed by atoms with Crippen LogP contribution in [0.1, 0.15) is 60.7 Å². The summed E-state index contributed by atoms with van der Waals surface area (Å²) >= 11 is 0. The van der Waals surface area contributed by atoms with E-state index in [-0.39, 0.29) is 25.3 Å². The van der Waals surface area contributed by atoms with Gasteiger partial charge in [0, 0.05) is 42.7 Å². The zero-order valence-electron chi connectivity index (χ0n) is 26.6. The minimum Gasteiger partial charge on any atom is -0.481 e. The fraction of sp³-hybridized carbons (Fsp3) is 0.278. The maximum atomic E-state index is 13.2. The molecule has 1 amide bonds. The van der Waals surface area contributed by atoms with Crippen LogP contribution >= 0.6 is 0 Å². The molecule has 0 N–H and O–H groups in total. The van der Waals surface area contributed by atoms with Crippen LogP contribution in [0.15, 0.2) is 85.2 Å². The number of carbonyl (C=O) groups is 2. The van der Waals surface area contributed by atoms with Crippen molar-refractivity contribution in [2.45, 2.75) is 51.9 Å². The Morgan fingerprint density at radius 1 is 1.02 bits per heavy atom. The number of ether oxygens (including phenoxy) is 3. The van der Waals surface area contributed by atoms with Crippen LogP contribution < -0.4 is 14.5 Å². The molecule has 2 aromatic carbocycles. The lowest BCUT2D eigenvalue weighted by atomic mass is 9.92. The van der Waals surface area contributed by atoms with E-state index in [9.17, 15) is 14.9 Å². The summed E-state index contributed by atoms with van der Waals surface area (Å²) in [6.45, 7) is 4.58. The van der Waals surface area contributed by atoms with E-state index in [1.807, 2.05) is 66.4 Å². The smallest absolute Gasteiger partial charge is 0.414 e. The first kappa shape index (κ1) is 32.6. The molecule has 0 saturated heterocycles. The molecule has 2 aromatic heterocycles. The Kier molecular flexibility index (Phi) is 10.8. The van der Waals surface area contributed by atoms with E-state index in [4.69, 9.17) is 29.2 Å². The quantitative estimate of drug-likeness (QED) is 0.135. The van der Waals surface area contributed by atoms with Gasteiger partial charge in [-0.15, -0.1) is 0 Å². The van der Waals surface area contributed by atoms with Crippen LogP contribution in [0, 0.1) is 11.3 Å². The predicted molar refractivity (Wildman–Crippen MR) is 176 cm³/mol. The first-order valence-electron chi connectivity index (χ1n) is 15.4. The molecule has 0 radical (unpaired) electrons. The maximum Gasteiger partial charge on any atom is 0.414 e.